The van der Waals surface area contributed by atoms with E-state index in [1.807, 2.05) is 29.1 Å². The molecule has 108 valence electrons. The summed E-state index contributed by atoms with van der Waals surface area (Å²) in [4.78, 5) is 0. The van der Waals surface area contributed by atoms with E-state index < -0.39 is 0 Å². The molecule has 1 unspecified atom stereocenters. The van der Waals surface area contributed by atoms with Crippen LogP contribution in [0.15, 0.2) is 42.6 Å². The summed E-state index contributed by atoms with van der Waals surface area (Å²) in [7, 11) is 0. The maximum Gasteiger partial charge on any atom is 0.0649 e. The maximum atomic E-state index is 6.53. The summed E-state index contributed by atoms with van der Waals surface area (Å²) < 4.78 is 1.98. The molecule has 3 heteroatoms. The lowest BCUT2D eigenvalue weighted by Gasteiger charge is -2.24. The molecule has 0 radical (unpaired) electrons. The minimum Gasteiger partial charge on any atom is -0.322 e. The van der Waals surface area contributed by atoms with Crippen LogP contribution in [0.1, 0.15) is 51.3 Å². The Balaban J connectivity index is 2.26. The second-order valence-electron chi connectivity index (χ2n) is 5.37. The Morgan fingerprint density at radius 2 is 1.70 bits per heavy atom. The zero-order valence-electron chi connectivity index (χ0n) is 12.5. The van der Waals surface area contributed by atoms with Gasteiger partial charge >= 0.3 is 0 Å². The summed E-state index contributed by atoms with van der Waals surface area (Å²) in [5.41, 5.74) is 8.73. The van der Waals surface area contributed by atoms with Gasteiger partial charge in [-0.15, -0.1) is 0 Å². The van der Waals surface area contributed by atoms with Crippen molar-refractivity contribution in [2.75, 3.05) is 0 Å². The van der Waals surface area contributed by atoms with Gasteiger partial charge in [0.25, 0.3) is 0 Å². The fourth-order valence-electron chi connectivity index (χ4n) is 2.84. The first-order valence-corrected chi connectivity index (χ1v) is 7.62. The molecule has 1 atom stereocenters. The van der Waals surface area contributed by atoms with Crippen LogP contribution in [0.5, 0.6) is 0 Å². The Labute approximate surface area is 121 Å². The molecule has 2 rings (SSSR count). The molecule has 1 heterocycles. The standard InChI is InChI=1S/C17H25N3/c1-3-8-14(9-4-2)17(18)16-12-13-19-20(16)15-10-6-5-7-11-15/h5-7,10-14,17H,3-4,8-9,18H2,1-2H3. The summed E-state index contributed by atoms with van der Waals surface area (Å²) in [6.45, 7) is 4.45. The number of rotatable bonds is 7. The predicted octanol–water partition coefficient (Wildman–Crippen LogP) is 4.09. The van der Waals surface area contributed by atoms with Gasteiger partial charge in [0.2, 0.25) is 0 Å². The van der Waals surface area contributed by atoms with E-state index >= 15 is 0 Å². The number of hydrogen-bond acceptors (Lipinski definition) is 2. The van der Waals surface area contributed by atoms with Crippen LogP contribution >= 0.6 is 0 Å². The second-order valence-corrected chi connectivity index (χ2v) is 5.37. The van der Waals surface area contributed by atoms with Crippen molar-refractivity contribution in [2.45, 2.75) is 45.6 Å². The van der Waals surface area contributed by atoms with Crippen molar-refractivity contribution in [2.24, 2.45) is 11.7 Å². The van der Waals surface area contributed by atoms with Crippen LogP contribution in [0.25, 0.3) is 5.69 Å². The first-order valence-electron chi connectivity index (χ1n) is 7.62. The predicted molar refractivity (Wildman–Crippen MR) is 83.8 cm³/mol. The quantitative estimate of drug-likeness (QED) is 0.824. The molecule has 2 N–H and O–H groups in total. The van der Waals surface area contributed by atoms with Crippen LogP contribution in [0, 0.1) is 5.92 Å². The van der Waals surface area contributed by atoms with Gasteiger partial charge in [0, 0.05) is 12.2 Å². The van der Waals surface area contributed by atoms with Gasteiger partial charge in [-0.1, -0.05) is 44.9 Å². The average Bonchev–Trinajstić information content (AvgIpc) is 2.96. The lowest BCUT2D eigenvalue weighted by molar-refractivity contribution is 0.359. The van der Waals surface area contributed by atoms with Gasteiger partial charge in [-0.25, -0.2) is 4.68 Å². The molecule has 0 aliphatic carbocycles. The highest BCUT2D eigenvalue weighted by Gasteiger charge is 2.21. The Morgan fingerprint density at radius 1 is 1.05 bits per heavy atom. The molecule has 0 saturated carbocycles. The Kier molecular flexibility index (Phi) is 5.36. The van der Waals surface area contributed by atoms with Gasteiger partial charge in [0.15, 0.2) is 0 Å². The molecule has 1 aromatic carbocycles. The lowest BCUT2D eigenvalue weighted by Crippen LogP contribution is -2.24. The van der Waals surface area contributed by atoms with Crippen molar-refractivity contribution in [1.29, 1.82) is 0 Å². The third kappa shape index (κ3) is 3.28. The van der Waals surface area contributed by atoms with E-state index in [1.54, 1.807) is 0 Å². The van der Waals surface area contributed by atoms with E-state index in [4.69, 9.17) is 5.73 Å². The van der Waals surface area contributed by atoms with E-state index in [1.165, 1.54) is 25.7 Å². The Morgan fingerprint density at radius 3 is 2.30 bits per heavy atom. The highest BCUT2D eigenvalue weighted by molar-refractivity contribution is 5.33. The van der Waals surface area contributed by atoms with Crippen molar-refractivity contribution in [3.8, 4) is 5.69 Å². The molecule has 1 aromatic heterocycles. The van der Waals surface area contributed by atoms with Gasteiger partial charge in [-0.2, -0.15) is 5.10 Å². The molecule has 20 heavy (non-hydrogen) atoms. The molecule has 3 nitrogen and oxygen atoms in total. The monoisotopic (exact) mass is 271 g/mol. The van der Waals surface area contributed by atoms with Crippen molar-refractivity contribution < 1.29 is 0 Å². The van der Waals surface area contributed by atoms with Gasteiger partial charge in [0.1, 0.15) is 0 Å². The summed E-state index contributed by atoms with van der Waals surface area (Å²) >= 11 is 0. The number of para-hydroxylation sites is 1. The number of nitrogens with zero attached hydrogens (tertiary/aromatic N) is 2. The molecular weight excluding hydrogens is 246 g/mol. The molecule has 0 fully saturated rings. The molecular formula is C17H25N3. The van der Waals surface area contributed by atoms with Crippen LogP contribution in [0.3, 0.4) is 0 Å². The topological polar surface area (TPSA) is 43.8 Å². The summed E-state index contributed by atoms with van der Waals surface area (Å²) in [6, 6.07) is 12.3. The van der Waals surface area contributed by atoms with E-state index in [2.05, 4.69) is 37.1 Å². The number of nitrogens with two attached hydrogens (primary N) is 1. The van der Waals surface area contributed by atoms with Gasteiger partial charge in [0.05, 0.1) is 11.4 Å². The molecule has 0 bridgehead atoms. The largest absolute Gasteiger partial charge is 0.322 e. The average molecular weight is 271 g/mol. The number of hydrogen-bond donors (Lipinski definition) is 1. The fourth-order valence-corrected chi connectivity index (χ4v) is 2.84. The third-order valence-corrected chi connectivity index (χ3v) is 3.84. The highest BCUT2D eigenvalue weighted by atomic mass is 15.3. The van der Waals surface area contributed by atoms with E-state index in [0.717, 1.165) is 11.4 Å². The summed E-state index contributed by atoms with van der Waals surface area (Å²) in [6.07, 6.45) is 6.55. The van der Waals surface area contributed by atoms with Crippen LogP contribution in [-0.4, -0.2) is 9.78 Å². The van der Waals surface area contributed by atoms with E-state index in [9.17, 15) is 0 Å². The third-order valence-electron chi connectivity index (χ3n) is 3.84. The van der Waals surface area contributed by atoms with Crippen molar-refractivity contribution >= 4 is 0 Å². The SMILES string of the molecule is CCCC(CCC)C(N)c1ccnn1-c1ccccc1. The van der Waals surface area contributed by atoms with Crippen molar-refractivity contribution in [1.82, 2.24) is 9.78 Å². The first-order chi connectivity index (χ1) is 9.77. The molecule has 0 spiro atoms. The van der Waals surface area contributed by atoms with Crippen LogP contribution in [0.2, 0.25) is 0 Å². The van der Waals surface area contributed by atoms with Crippen LogP contribution < -0.4 is 5.73 Å². The molecule has 0 aliphatic rings. The zero-order valence-corrected chi connectivity index (χ0v) is 12.5. The smallest absolute Gasteiger partial charge is 0.0649 e. The molecule has 0 saturated heterocycles. The van der Waals surface area contributed by atoms with Crippen LogP contribution in [0.4, 0.5) is 0 Å². The fraction of sp³-hybridized carbons (Fsp3) is 0.471. The zero-order chi connectivity index (χ0) is 14.4. The first kappa shape index (κ1) is 14.8. The Bertz CT molecular complexity index is 498. The van der Waals surface area contributed by atoms with Crippen molar-refractivity contribution in [3.05, 3.63) is 48.3 Å². The Hall–Kier alpha value is -1.61. The van der Waals surface area contributed by atoms with E-state index in [0.29, 0.717) is 5.92 Å². The number of aromatic nitrogens is 2. The van der Waals surface area contributed by atoms with Gasteiger partial charge in [-0.3, -0.25) is 0 Å². The minimum absolute atomic E-state index is 0.0533. The minimum atomic E-state index is 0.0533. The second kappa shape index (κ2) is 7.25. The summed E-state index contributed by atoms with van der Waals surface area (Å²) in [5.74, 6) is 0.532. The maximum absolute atomic E-state index is 6.53. The highest BCUT2D eigenvalue weighted by Crippen LogP contribution is 2.28. The summed E-state index contributed by atoms with van der Waals surface area (Å²) in [5, 5.41) is 4.45. The molecule has 0 aliphatic heterocycles. The normalized spacial score (nSPS) is 12.8. The van der Waals surface area contributed by atoms with Gasteiger partial charge in [-0.05, 0) is 37.0 Å². The lowest BCUT2D eigenvalue weighted by atomic mass is 9.89. The molecule has 0 amide bonds. The number of benzene rings is 1. The van der Waals surface area contributed by atoms with Crippen molar-refractivity contribution in [3.63, 3.8) is 0 Å². The molecule has 2 aromatic rings. The van der Waals surface area contributed by atoms with E-state index in [-0.39, 0.29) is 6.04 Å². The van der Waals surface area contributed by atoms with Crippen LogP contribution in [-0.2, 0) is 0 Å². The van der Waals surface area contributed by atoms with Gasteiger partial charge < -0.3 is 5.73 Å².